The summed E-state index contributed by atoms with van der Waals surface area (Å²) in [5.41, 5.74) is -0.824. The molecule has 7 nitrogen and oxygen atoms in total. The molecule has 1 aromatic heterocycles. The monoisotopic (exact) mass is 386 g/mol. The van der Waals surface area contributed by atoms with Crippen molar-refractivity contribution in [1.82, 2.24) is 9.78 Å². The summed E-state index contributed by atoms with van der Waals surface area (Å²) in [6.07, 6.45) is -4.20. The number of ether oxygens (including phenoxy) is 3. The second-order valence-electron chi connectivity index (χ2n) is 5.93. The van der Waals surface area contributed by atoms with Gasteiger partial charge in [0.05, 0.1) is 26.0 Å². The van der Waals surface area contributed by atoms with Gasteiger partial charge in [0.1, 0.15) is 12.6 Å². The van der Waals surface area contributed by atoms with E-state index >= 15 is 0 Å². The molecule has 2 heterocycles. The molecule has 0 amide bonds. The van der Waals surface area contributed by atoms with Crippen molar-refractivity contribution in [1.29, 1.82) is 0 Å². The van der Waals surface area contributed by atoms with Crippen LogP contribution < -0.4 is 9.47 Å². The van der Waals surface area contributed by atoms with E-state index < -0.39 is 24.4 Å². The van der Waals surface area contributed by atoms with Crippen LogP contribution in [0.4, 0.5) is 13.2 Å². The van der Waals surface area contributed by atoms with Crippen molar-refractivity contribution in [2.75, 3.05) is 20.3 Å². The van der Waals surface area contributed by atoms with Gasteiger partial charge in [-0.15, -0.1) is 0 Å². The first kappa shape index (κ1) is 19.0. The van der Waals surface area contributed by atoms with Crippen LogP contribution in [0.2, 0.25) is 0 Å². The maximum atomic E-state index is 13.0. The van der Waals surface area contributed by atoms with Crippen molar-refractivity contribution < 1.29 is 37.3 Å². The van der Waals surface area contributed by atoms with Gasteiger partial charge < -0.3 is 19.3 Å². The standard InChI is InChI=1S/C17H17F3N2O5/c1-25-13-3-2-10(6-14(13)27-11-4-5-26-9-11)12-7-15(17(18,19)20)21-22(12)8-16(23)24/h2-3,6-7,11H,4-5,8-9H2,1H3,(H,23,24). The maximum Gasteiger partial charge on any atom is 0.435 e. The van der Waals surface area contributed by atoms with Crippen molar-refractivity contribution >= 4 is 5.97 Å². The normalized spacial score (nSPS) is 17.1. The molecule has 146 valence electrons. The van der Waals surface area contributed by atoms with Gasteiger partial charge in [0.2, 0.25) is 0 Å². The average molecular weight is 386 g/mol. The van der Waals surface area contributed by atoms with Crippen LogP contribution in [-0.4, -0.2) is 47.3 Å². The second kappa shape index (κ2) is 7.47. The van der Waals surface area contributed by atoms with E-state index in [1.165, 1.54) is 19.2 Å². The van der Waals surface area contributed by atoms with Crippen LogP contribution in [0.5, 0.6) is 11.5 Å². The first-order valence-corrected chi connectivity index (χ1v) is 8.07. The Balaban J connectivity index is 2.01. The maximum absolute atomic E-state index is 13.0. The number of carbonyl (C=O) groups is 1. The van der Waals surface area contributed by atoms with E-state index in [-0.39, 0.29) is 11.8 Å². The predicted molar refractivity (Wildman–Crippen MR) is 86.7 cm³/mol. The zero-order valence-corrected chi connectivity index (χ0v) is 14.3. The van der Waals surface area contributed by atoms with Crippen LogP contribution in [0.3, 0.4) is 0 Å². The minimum absolute atomic E-state index is 0.0138. The average Bonchev–Trinajstić information content (AvgIpc) is 3.23. The van der Waals surface area contributed by atoms with Crippen LogP contribution >= 0.6 is 0 Å². The summed E-state index contributed by atoms with van der Waals surface area (Å²) in [4.78, 5) is 11.0. The number of carboxylic acids is 1. The van der Waals surface area contributed by atoms with Gasteiger partial charge in [-0.25, -0.2) is 0 Å². The van der Waals surface area contributed by atoms with Crippen LogP contribution in [0.15, 0.2) is 24.3 Å². The molecule has 1 unspecified atom stereocenters. The molecule has 27 heavy (non-hydrogen) atoms. The molecule has 2 aromatic rings. The molecule has 1 aliphatic heterocycles. The number of nitrogens with zero attached hydrogens (tertiary/aromatic N) is 2. The Hall–Kier alpha value is -2.75. The van der Waals surface area contributed by atoms with Crippen molar-refractivity contribution in [2.24, 2.45) is 0 Å². The fourth-order valence-corrected chi connectivity index (χ4v) is 2.75. The molecule has 0 bridgehead atoms. The number of methoxy groups -OCH3 is 1. The van der Waals surface area contributed by atoms with Gasteiger partial charge in [0, 0.05) is 12.0 Å². The molecule has 1 fully saturated rings. The van der Waals surface area contributed by atoms with Gasteiger partial charge in [-0.05, 0) is 24.3 Å². The molecule has 1 atom stereocenters. The highest BCUT2D eigenvalue weighted by Crippen LogP contribution is 2.36. The van der Waals surface area contributed by atoms with E-state index in [9.17, 15) is 18.0 Å². The SMILES string of the molecule is COc1ccc(-c2cc(C(F)(F)F)nn2CC(=O)O)cc1OC1CCOC1. The second-order valence-corrected chi connectivity index (χ2v) is 5.93. The number of hydrogen-bond donors (Lipinski definition) is 1. The lowest BCUT2D eigenvalue weighted by molar-refractivity contribution is -0.143. The molecule has 1 saturated heterocycles. The summed E-state index contributed by atoms with van der Waals surface area (Å²) < 4.78 is 56.2. The number of alkyl halides is 3. The molecular weight excluding hydrogens is 369 g/mol. The third-order valence-electron chi connectivity index (χ3n) is 4.00. The first-order chi connectivity index (χ1) is 12.8. The lowest BCUT2D eigenvalue weighted by Gasteiger charge is -2.16. The molecule has 1 aromatic carbocycles. The molecule has 0 aliphatic carbocycles. The number of halogens is 3. The summed E-state index contributed by atoms with van der Waals surface area (Å²) >= 11 is 0. The first-order valence-electron chi connectivity index (χ1n) is 8.07. The Morgan fingerprint density at radius 1 is 1.37 bits per heavy atom. The van der Waals surface area contributed by atoms with Crippen LogP contribution in [0.1, 0.15) is 12.1 Å². The Morgan fingerprint density at radius 3 is 2.74 bits per heavy atom. The van der Waals surface area contributed by atoms with Crippen molar-refractivity contribution in [3.05, 3.63) is 30.0 Å². The minimum Gasteiger partial charge on any atom is -0.493 e. The van der Waals surface area contributed by atoms with E-state index in [4.69, 9.17) is 19.3 Å². The van der Waals surface area contributed by atoms with Crippen molar-refractivity contribution in [2.45, 2.75) is 25.2 Å². The Kier molecular flexibility index (Phi) is 5.26. The molecule has 1 aliphatic rings. The van der Waals surface area contributed by atoms with Gasteiger partial charge in [0.15, 0.2) is 17.2 Å². The summed E-state index contributed by atoms with van der Waals surface area (Å²) in [6.45, 7) is 0.264. The largest absolute Gasteiger partial charge is 0.493 e. The zero-order chi connectivity index (χ0) is 19.6. The lowest BCUT2D eigenvalue weighted by Crippen LogP contribution is -2.16. The van der Waals surface area contributed by atoms with Crippen LogP contribution in [0, 0.1) is 0 Å². The van der Waals surface area contributed by atoms with Crippen LogP contribution in [-0.2, 0) is 22.3 Å². The topological polar surface area (TPSA) is 82.8 Å². The van der Waals surface area contributed by atoms with E-state index in [0.717, 1.165) is 10.7 Å². The third kappa shape index (κ3) is 4.33. The lowest BCUT2D eigenvalue weighted by atomic mass is 10.1. The number of aliphatic carboxylic acids is 1. The Bertz CT molecular complexity index is 828. The van der Waals surface area contributed by atoms with Gasteiger partial charge in [-0.3, -0.25) is 9.48 Å². The van der Waals surface area contributed by atoms with Gasteiger partial charge in [-0.2, -0.15) is 18.3 Å². The summed E-state index contributed by atoms with van der Waals surface area (Å²) in [6, 6.07) is 5.39. The summed E-state index contributed by atoms with van der Waals surface area (Å²) in [7, 11) is 1.45. The molecule has 0 radical (unpaired) electrons. The number of carboxylic acid groups (broad SMARTS) is 1. The van der Waals surface area contributed by atoms with Crippen molar-refractivity contribution in [3.8, 4) is 22.8 Å². The van der Waals surface area contributed by atoms with E-state index in [0.29, 0.717) is 36.7 Å². The molecular formula is C17H17F3N2O5. The highest BCUT2D eigenvalue weighted by atomic mass is 19.4. The molecule has 0 saturated carbocycles. The third-order valence-corrected chi connectivity index (χ3v) is 4.00. The predicted octanol–water partition coefficient (Wildman–Crippen LogP) is 2.83. The molecule has 3 rings (SSSR count). The zero-order valence-electron chi connectivity index (χ0n) is 14.3. The quantitative estimate of drug-likeness (QED) is 0.822. The number of hydrogen-bond acceptors (Lipinski definition) is 5. The summed E-state index contributed by atoms with van der Waals surface area (Å²) in [5.74, 6) is -0.561. The van der Waals surface area contributed by atoms with Crippen molar-refractivity contribution in [3.63, 3.8) is 0 Å². The van der Waals surface area contributed by atoms with E-state index in [2.05, 4.69) is 5.10 Å². The fraction of sp³-hybridized carbons (Fsp3) is 0.412. The van der Waals surface area contributed by atoms with Crippen LogP contribution in [0.25, 0.3) is 11.3 Å². The Morgan fingerprint density at radius 2 is 2.15 bits per heavy atom. The highest BCUT2D eigenvalue weighted by molar-refractivity contribution is 5.70. The van der Waals surface area contributed by atoms with Gasteiger partial charge in [-0.1, -0.05) is 0 Å². The molecule has 10 heteroatoms. The molecule has 1 N–H and O–H groups in total. The highest BCUT2D eigenvalue weighted by Gasteiger charge is 2.35. The number of benzene rings is 1. The molecule has 0 spiro atoms. The number of aromatic nitrogens is 2. The number of rotatable bonds is 6. The Labute approximate surface area is 152 Å². The summed E-state index contributed by atoms with van der Waals surface area (Å²) in [5, 5.41) is 12.4. The van der Waals surface area contributed by atoms with E-state index in [1.807, 2.05) is 0 Å². The van der Waals surface area contributed by atoms with Gasteiger partial charge >= 0.3 is 12.1 Å². The van der Waals surface area contributed by atoms with Gasteiger partial charge in [0.25, 0.3) is 0 Å². The fourth-order valence-electron chi connectivity index (χ4n) is 2.75. The smallest absolute Gasteiger partial charge is 0.435 e. The van der Waals surface area contributed by atoms with E-state index in [1.54, 1.807) is 6.07 Å². The minimum atomic E-state index is -4.69.